The van der Waals surface area contributed by atoms with Crippen molar-refractivity contribution < 1.29 is 23.9 Å². The molecule has 0 aromatic carbocycles. The lowest BCUT2D eigenvalue weighted by molar-refractivity contribution is -0.169. The second kappa shape index (κ2) is 4.64. The zero-order valence-electron chi connectivity index (χ0n) is 11.2. The Kier molecular flexibility index (Phi) is 3.30. The maximum absolute atomic E-state index is 12.0. The van der Waals surface area contributed by atoms with Gasteiger partial charge >= 0.3 is 11.9 Å². The maximum atomic E-state index is 12.0. The second-order valence-corrected chi connectivity index (χ2v) is 4.99. The Labute approximate surface area is 111 Å². The number of ketones is 1. The summed E-state index contributed by atoms with van der Waals surface area (Å²) in [6.45, 7) is 1.83. The summed E-state index contributed by atoms with van der Waals surface area (Å²) in [7, 11) is 2.49. The van der Waals surface area contributed by atoms with Gasteiger partial charge in [-0.1, -0.05) is 5.57 Å². The van der Waals surface area contributed by atoms with Gasteiger partial charge in [0.25, 0.3) is 0 Å². The Morgan fingerprint density at radius 2 is 1.74 bits per heavy atom. The lowest BCUT2D eigenvalue weighted by atomic mass is 9.70. The van der Waals surface area contributed by atoms with Crippen molar-refractivity contribution in [2.24, 2.45) is 5.41 Å². The minimum Gasteiger partial charge on any atom is -0.468 e. The van der Waals surface area contributed by atoms with E-state index in [4.69, 9.17) is 9.47 Å². The number of hydrogen-bond donors (Lipinski definition) is 0. The third kappa shape index (κ3) is 1.99. The highest BCUT2D eigenvalue weighted by molar-refractivity contribution is 6.03. The number of fused-ring (bicyclic) bond motifs is 1. The van der Waals surface area contributed by atoms with Gasteiger partial charge < -0.3 is 9.47 Å². The van der Waals surface area contributed by atoms with Gasteiger partial charge in [0.1, 0.15) is 0 Å². The fourth-order valence-corrected chi connectivity index (χ4v) is 2.91. The summed E-state index contributed by atoms with van der Waals surface area (Å²) in [4.78, 5) is 35.6. The van der Waals surface area contributed by atoms with Crippen LogP contribution >= 0.6 is 0 Å². The summed E-state index contributed by atoms with van der Waals surface area (Å²) in [5.74, 6) is -1.22. The first-order chi connectivity index (χ1) is 8.94. The van der Waals surface area contributed by atoms with E-state index in [0.717, 1.165) is 16.7 Å². The van der Waals surface area contributed by atoms with Gasteiger partial charge in [0.2, 0.25) is 0 Å². The van der Waals surface area contributed by atoms with Crippen molar-refractivity contribution in [1.29, 1.82) is 0 Å². The minimum absolute atomic E-state index is 0.00915. The highest BCUT2D eigenvalue weighted by atomic mass is 16.5. The topological polar surface area (TPSA) is 69.7 Å². The van der Waals surface area contributed by atoms with E-state index in [1.165, 1.54) is 20.3 Å². The van der Waals surface area contributed by atoms with Gasteiger partial charge in [0, 0.05) is 6.42 Å². The first kappa shape index (κ1) is 13.5. The van der Waals surface area contributed by atoms with E-state index in [0.29, 0.717) is 6.42 Å². The molecule has 0 aromatic heterocycles. The molecule has 5 nitrogen and oxygen atoms in total. The largest absolute Gasteiger partial charge is 0.468 e. The Morgan fingerprint density at radius 3 is 2.26 bits per heavy atom. The molecule has 0 saturated heterocycles. The molecule has 0 heterocycles. The van der Waals surface area contributed by atoms with Crippen LogP contribution in [-0.4, -0.2) is 31.9 Å². The first-order valence-corrected chi connectivity index (χ1v) is 6.04. The van der Waals surface area contributed by atoms with Crippen molar-refractivity contribution in [2.45, 2.75) is 26.2 Å². The highest BCUT2D eigenvalue weighted by Gasteiger charge is 2.52. The molecule has 0 aromatic rings. The average molecular weight is 264 g/mol. The van der Waals surface area contributed by atoms with Crippen LogP contribution in [0.15, 0.2) is 22.8 Å². The summed E-state index contributed by atoms with van der Waals surface area (Å²) in [5.41, 5.74) is 1.23. The minimum atomic E-state index is -1.35. The van der Waals surface area contributed by atoms with Crippen molar-refractivity contribution in [3.05, 3.63) is 22.8 Å². The fraction of sp³-hybridized carbons (Fsp3) is 0.500. The van der Waals surface area contributed by atoms with Gasteiger partial charge in [0.05, 0.1) is 14.2 Å². The van der Waals surface area contributed by atoms with E-state index in [-0.39, 0.29) is 18.6 Å². The molecule has 0 amide bonds. The zero-order chi connectivity index (χ0) is 14.2. The molecule has 0 aliphatic heterocycles. The Hall–Kier alpha value is -1.91. The number of hydrogen-bond acceptors (Lipinski definition) is 5. The van der Waals surface area contributed by atoms with Gasteiger partial charge in [-0.15, -0.1) is 0 Å². The standard InChI is InChI=1S/C14H16O5/c1-8-6-14(12(16)18-2,13(17)19-3)7-9-4-10(15)5-11(8)9/h4H,5-7H2,1-3H3. The molecule has 5 heteroatoms. The predicted octanol–water partition coefficient (Wildman–Crippen LogP) is 1.33. The lowest BCUT2D eigenvalue weighted by Gasteiger charge is -2.33. The molecule has 0 saturated carbocycles. The van der Waals surface area contributed by atoms with Crippen molar-refractivity contribution in [1.82, 2.24) is 0 Å². The number of rotatable bonds is 2. The smallest absolute Gasteiger partial charge is 0.323 e. The summed E-state index contributed by atoms with van der Waals surface area (Å²) in [6.07, 6.45) is 2.29. The number of ether oxygens (including phenoxy) is 2. The van der Waals surface area contributed by atoms with E-state index in [2.05, 4.69) is 0 Å². The van der Waals surface area contributed by atoms with Crippen LogP contribution in [0, 0.1) is 5.41 Å². The van der Waals surface area contributed by atoms with Crippen molar-refractivity contribution >= 4 is 17.7 Å². The van der Waals surface area contributed by atoms with Crippen LogP contribution in [0.3, 0.4) is 0 Å². The van der Waals surface area contributed by atoms with Gasteiger partial charge in [-0.2, -0.15) is 0 Å². The summed E-state index contributed by atoms with van der Waals surface area (Å²) in [5, 5.41) is 0. The fourth-order valence-electron chi connectivity index (χ4n) is 2.91. The van der Waals surface area contributed by atoms with Gasteiger partial charge in [-0.25, -0.2) is 0 Å². The molecule has 0 spiro atoms. The van der Waals surface area contributed by atoms with Crippen LogP contribution in [0.4, 0.5) is 0 Å². The number of carbonyl (C=O) groups excluding carboxylic acids is 3. The maximum Gasteiger partial charge on any atom is 0.323 e. The highest BCUT2D eigenvalue weighted by Crippen LogP contribution is 2.47. The molecular formula is C14H16O5. The van der Waals surface area contributed by atoms with E-state index in [9.17, 15) is 14.4 Å². The molecule has 102 valence electrons. The molecule has 19 heavy (non-hydrogen) atoms. The number of allylic oxidation sites excluding steroid dienone is 4. The lowest BCUT2D eigenvalue weighted by Crippen LogP contribution is -2.43. The third-order valence-corrected chi connectivity index (χ3v) is 3.80. The van der Waals surface area contributed by atoms with Crippen LogP contribution < -0.4 is 0 Å². The Balaban J connectivity index is 2.50. The summed E-state index contributed by atoms with van der Waals surface area (Å²) < 4.78 is 9.53. The van der Waals surface area contributed by atoms with E-state index in [1.54, 1.807) is 0 Å². The van der Waals surface area contributed by atoms with Gasteiger partial charge in [-0.05, 0) is 37.0 Å². The van der Waals surface area contributed by atoms with Gasteiger partial charge in [-0.3, -0.25) is 14.4 Å². The van der Waals surface area contributed by atoms with E-state index in [1.807, 2.05) is 6.92 Å². The molecule has 2 aliphatic rings. The van der Waals surface area contributed by atoms with Gasteiger partial charge in [0.15, 0.2) is 11.2 Å². The normalized spacial score (nSPS) is 20.8. The molecule has 0 bridgehead atoms. The molecule has 0 unspecified atom stereocenters. The van der Waals surface area contributed by atoms with Crippen molar-refractivity contribution in [3.8, 4) is 0 Å². The first-order valence-electron chi connectivity index (χ1n) is 6.04. The third-order valence-electron chi connectivity index (χ3n) is 3.80. The van der Waals surface area contributed by atoms with Crippen molar-refractivity contribution in [3.63, 3.8) is 0 Å². The molecule has 0 atom stereocenters. The number of esters is 2. The van der Waals surface area contributed by atoms with E-state index < -0.39 is 17.4 Å². The Morgan fingerprint density at radius 1 is 1.16 bits per heavy atom. The SMILES string of the molecule is COC(=O)C1(C(=O)OC)CC2=CC(=O)CC2=C(C)C1. The van der Waals surface area contributed by atoms with Crippen LogP contribution in [-0.2, 0) is 23.9 Å². The summed E-state index contributed by atoms with van der Waals surface area (Å²) in [6, 6.07) is 0. The van der Waals surface area contributed by atoms with Crippen LogP contribution in [0.1, 0.15) is 26.2 Å². The molecule has 0 fully saturated rings. The predicted molar refractivity (Wildman–Crippen MR) is 66.1 cm³/mol. The van der Waals surface area contributed by atoms with Crippen molar-refractivity contribution in [2.75, 3.05) is 14.2 Å². The molecular weight excluding hydrogens is 248 g/mol. The number of methoxy groups -OCH3 is 2. The molecule has 2 rings (SSSR count). The summed E-state index contributed by atoms with van der Waals surface area (Å²) >= 11 is 0. The number of carbonyl (C=O) groups is 3. The zero-order valence-corrected chi connectivity index (χ0v) is 11.2. The monoisotopic (exact) mass is 264 g/mol. The average Bonchev–Trinajstić information content (AvgIpc) is 2.77. The molecule has 2 aliphatic carbocycles. The molecule has 0 radical (unpaired) electrons. The van der Waals surface area contributed by atoms with Crippen LogP contribution in [0.25, 0.3) is 0 Å². The quantitative estimate of drug-likeness (QED) is 0.556. The van der Waals surface area contributed by atoms with E-state index >= 15 is 0 Å². The Bertz CT molecular complexity index is 508. The second-order valence-electron chi connectivity index (χ2n) is 4.99. The van der Waals surface area contributed by atoms with Crippen LogP contribution in [0.2, 0.25) is 0 Å². The van der Waals surface area contributed by atoms with Crippen LogP contribution in [0.5, 0.6) is 0 Å². The molecule has 0 N–H and O–H groups in total.